The highest BCUT2D eigenvalue weighted by molar-refractivity contribution is 5.85. The summed E-state index contributed by atoms with van der Waals surface area (Å²) in [6, 6.07) is -1.94. The summed E-state index contributed by atoms with van der Waals surface area (Å²) in [5.74, 6) is -1.35. The van der Waals surface area contributed by atoms with Crippen LogP contribution in [0, 0.1) is 17.8 Å². The Bertz CT molecular complexity index is 2530. The smallest absolute Gasteiger partial charge is 0.323 e. The molecule has 0 saturated heterocycles. The van der Waals surface area contributed by atoms with Crippen LogP contribution in [0.5, 0.6) is 0 Å². The number of esters is 3. The largest absolute Gasteiger partial charge is 0.462 e. The summed E-state index contributed by atoms with van der Waals surface area (Å²) >= 11 is 0. The molecule has 71 heavy (non-hydrogen) atoms. The Morgan fingerprint density at radius 3 is 0.944 bits per heavy atom. The number of hydrogen-bond acceptors (Lipinski definition) is 24. The van der Waals surface area contributed by atoms with Gasteiger partial charge in [-0.25, -0.2) is 15.0 Å². The first-order valence-corrected chi connectivity index (χ1v) is 21.3. The molecular weight excluding hydrogens is 983 g/mol. The molecule has 6 aromatic heterocycles. The van der Waals surface area contributed by atoms with Crippen LogP contribution in [-0.4, -0.2) is 134 Å². The Morgan fingerprint density at radius 1 is 0.479 bits per heavy atom. The second-order valence-corrected chi connectivity index (χ2v) is 15.9. The van der Waals surface area contributed by atoms with Crippen LogP contribution in [0.3, 0.4) is 0 Å². The Morgan fingerprint density at radius 2 is 0.718 bits per heavy atom. The molecular formula is C39H62Cl2N18O12. The number of H-pyrrole nitrogens is 3. The van der Waals surface area contributed by atoms with Gasteiger partial charge in [-0.2, -0.15) is 15.0 Å². The maximum atomic E-state index is 11.6. The number of hydrogen-bond donors (Lipinski definition) is 9. The molecule has 0 aromatic carbocycles. The highest BCUT2D eigenvalue weighted by Crippen LogP contribution is 2.10. The lowest BCUT2D eigenvalue weighted by Gasteiger charge is -2.14. The first kappa shape index (κ1) is 60.3. The summed E-state index contributed by atoms with van der Waals surface area (Å²) in [6.07, 6.45) is 4.27. The molecule has 0 spiro atoms. The molecule has 30 nitrogen and oxygen atoms in total. The number of nitrogens with two attached hydrogens (primary N) is 6. The lowest BCUT2D eigenvalue weighted by atomic mass is 10.1. The van der Waals surface area contributed by atoms with Crippen molar-refractivity contribution in [3.8, 4) is 0 Å². The fraction of sp³-hybridized carbons (Fsp3) is 0.538. The number of anilines is 3. The van der Waals surface area contributed by atoms with Gasteiger partial charge in [0.25, 0.3) is 16.7 Å². The summed E-state index contributed by atoms with van der Waals surface area (Å²) in [5.41, 5.74) is 33.7. The van der Waals surface area contributed by atoms with Crippen molar-refractivity contribution in [2.75, 3.05) is 56.8 Å². The van der Waals surface area contributed by atoms with Crippen molar-refractivity contribution >= 4 is 94.1 Å². The van der Waals surface area contributed by atoms with Gasteiger partial charge in [0.1, 0.15) is 58.1 Å². The molecule has 6 rings (SSSR count). The number of aromatic nitrogens is 12. The van der Waals surface area contributed by atoms with E-state index in [9.17, 15) is 28.8 Å². The van der Waals surface area contributed by atoms with Crippen molar-refractivity contribution in [1.82, 2.24) is 58.6 Å². The first-order valence-electron chi connectivity index (χ1n) is 21.3. The van der Waals surface area contributed by atoms with Crippen molar-refractivity contribution in [3.05, 3.63) is 50.0 Å². The van der Waals surface area contributed by atoms with Gasteiger partial charge in [-0.1, -0.05) is 41.5 Å². The third kappa shape index (κ3) is 17.5. The number of nitrogen functional groups attached to an aromatic ring is 3. The van der Waals surface area contributed by atoms with Crippen molar-refractivity contribution < 1.29 is 42.8 Å². The number of nitrogens with one attached hydrogen (secondary N) is 3. The van der Waals surface area contributed by atoms with Gasteiger partial charge in [0, 0.05) is 0 Å². The monoisotopic (exact) mass is 1040 g/mol. The zero-order valence-corrected chi connectivity index (χ0v) is 41.4. The highest BCUT2D eigenvalue weighted by Gasteiger charge is 2.21. The topological polar surface area (TPSA) is 453 Å². The molecule has 0 unspecified atom stereocenters. The van der Waals surface area contributed by atoms with E-state index >= 15 is 0 Å². The van der Waals surface area contributed by atoms with E-state index < -0.39 is 52.7 Å². The summed E-state index contributed by atoms with van der Waals surface area (Å²) in [7, 11) is 0. The molecule has 0 bridgehead atoms. The van der Waals surface area contributed by atoms with Gasteiger partial charge < -0.3 is 62.8 Å². The average Bonchev–Trinajstić information content (AvgIpc) is 4.02. The summed E-state index contributed by atoms with van der Waals surface area (Å²) in [4.78, 5) is 100. The number of nitrogens with zero attached hydrogens (tertiary/aromatic N) is 9. The molecule has 0 amide bonds. The molecule has 15 N–H and O–H groups in total. The van der Waals surface area contributed by atoms with Crippen molar-refractivity contribution in [2.45, 2.75) is 79.9 Å². The highest BCUT2D eigenvalue weighted by atomic mass is 35.5. The number of rotatable bonds is 21. The standard InChI is InChI=1S/3C13H20N6O4.2ClH/c3*1-7(2)8(14)12(21)23-4-3-22-6-19-5-16-9-10(19)17-13(15)18-11(9)20;;/h3*5,7-8H,3-4,6,14H2,1-2H3,(H3,15,17,18,20);2*1H/t3*8-;;/m000../s1. The van der Waals surface area contributed by atoms with Crippen molar-refractivity contribution in [3.63, 3.8) is 0 Å². The van der Waals surface area contributed by atoms with Crippen molar-refractivity contribution in [1.29, 1.82) is 0 Å². The van der Waals surface area contributed by atoms with E-state index in [0.29, 0.717) is 16.9 Å². The van der Waals surface area contributed by atoms with E-state index in [-0.39, 0.29) is 137 Å². The van der Waals surface area contributed by atoms with Crippen LogP contribution in [0.25, 0.3) is 33.5 Å². The van der Waals surface area contributed by atoms with Crippen LogP contribution >= 0.6 is 24.8 Å². The molecule has 0 aliphatic carbocycles. The summed E-state index contributed by atoms with van der Waals surface area (Å²) < 4.78 is 35.7. The van der Waals surface area contributed by atoms with E-state index in [2.05, 4.69) is 44.9 Å². The maximum absolute atomic E-state index is 11.6. The third-order valence-electron chi connectivity index (χ3n) is 9.56. The molecule has 0 saturated carbocycles. The number of ether oxygens (including phenoxy) is 6. The number of aromatic amines is 3. The molecule has 0 fully saturated rings. The lowest BCUT2D eigenvalue weighted by Crippen LogP contribution is -2.37. The molecule has 6 heterocycles. The predicted octanol–water partition coefficient (Wildman–Crippen LogP) is -1.55. The van der Waals surface area contributed by atoms with E-state index in [1.807, 2.05) is 41.5 Å². The SMILES string of the molecule is CC(C)[C@H](N)C(=O)OCCOCn1cnc2c(=O)[nH]c(N)nc21.CC(C)[C@H](N)C(=O)OCCOCn1cnc2c(=O)[nH]c(N)nc21.CC(C)[C@H](N)C(=O)OCCOCn1cnc2c(=O)[nH]c(N)nc21.Cl.Cl. The molecule has 0 radical (unpaired) electrons. The third-order valence-corrected chi connectivity index (χ3v) is 9.56. The fourth-order valence-electron chi connectivity index (χ4n) is 5.39. The van der Waals surface area contributed by atoms with Crippen LogP contribution in [0.2, 0.25) is 0 Å². The van der Waals surface area contributed by atoms with Crippen LogP contribution in [0.15, 0.2) is 33.4 Å². The zero-order chi connectivity index (χ0) is 50.9. The Hall–Kier alpha value is -6.80. The molecule has 0 aliphatic heterocycles. The predicted molar refractivity (Wildman–Crippen MR) is 261 cm³/mol. The maximum Gasteiger partial charge on any atom is 0.323 e. The van der Waals surface area contributed by atoms with Crippen LogP contribution in [-0.2, 0) is 63.0 Å². The summed E-state index contributed by atoms with van der Waals surface area (Å²) in [6.45, 7) is 12.1. The Labute approximate surface area is 416 Å². The number of halogens is 2. The van der Waals surface area contributed by atoms with Gasteiger partial charge in [-0.05, 0) is 17.8 Å². The second-order valence-electron chi connectivity index (χ2n) is 15.9. The number of carbonyl (C=O) groups is 3. The zero-order valence-electron chi connectivity index (χ0n) is 39.8. The molecule has 32 heteroatoms. The van der Waals surface area contributed by atoms with Crippen LogP contribution in [0.1, 0.15) is 41.5 Å². The molecule has 3 atom stereocenters. The van der Waals surface area contributed by atoms with Gasteiger partial charge in [-0.15, -0.1) is 24.8 Å². The van der Waals surface area contributed by atoms with E-state index in [4.69, 9.17) is 62.8 Å². The first-order chi connectivity index (χ1) is 32.7. The number of fused-ring (bicyclic) bond motifs is 3. The fourth-order valence-corrected chi connectivity index (χ4v) is 5.39. The second kappa shape index (κ2) is 28.8. The molecule has 0 aliphatic rings. The molecule has 6 aromatic rings. The van der Waals surface area contributed by atoms with E-state index in [1.54, 1.807) is 0 Å². The Balaban J connectivity index is 0.000000360. The molecule has 394 valence electrons. The lowest BCUT2D eigenvalue weighted by molar-refractivity contribution is -0.149. The van der Waals surface area contributed by atoms with Crippen LogP contribution in [0.4, 0.5) is 17.8 Å². The minimum Gasteiger partial charge on any atom is -0.462 e. The average molecular weight is 1050 g/mol. The van der Waals surface area contributed by atoms with Gasteiger partial charge in [0.15, 0.2) is 33.5 Å². The van der Waals surface area contributed by atoms with Gasteiger partial charge in [0.2, 0.25) is 17.8 Å². The number of imidazole rings is 3. The quantitative estimate of drug-likeness (QED) is 0.0224. The van der Waals surface area contributed by atoms with Crippen LogP contribution < -0.4 is 51.1 Å². The van der Waals surface area contributed by atoms with Gasteiger partial charge >= 0.3 is 17.9 Å². The minimum atomic E-state index is -0.647. The van der Waals surface area contributed by atoms with Crippen molar-refractivity contribution in [2.24, 2.45) is 35.0 Å². The Kier molecular flexibility index (Phi) is 24.4. The number of carbonyl (C=O) groups excluding carboxylic acids is 3. The summed E-state index contributed by atoms with van der Waals surface area (Å²) in [5, 5.41) is 0. The van der Waals surface area contributed by atoms with E-state index in [1.165, 1.54) is 32.7 Å². The van der Waals surface area contributed by atoms with E-state index in [0.717, 1.165) is 0 Å². The van der Waals surface area contributed by atoms with Gasteiger partial charge in [0.05, 0.1) is 38.8 Å². The minimum absolute atomic E-state index is 0. The normalized spacial score (nSPS) is 12.3. The van der Waals surface area contributed by atoms with Gasteiger partial charge in [-0.3, -0.25) is 57.4 Å².